The standard InChI is InChI=1S/C14H15NOS/c1-3-10-11-5-4-9(17-2)6-13(11)15-14-8-16-7-12(10)14/h4-6H,3,7-8H2,1-2H3. The average molecular weight is 245 g/mol. The largest absolute Gasteiger partial charge is 0.370 e. The van der Waals surface area contributed by atoms with E-state index in [-0.39, 0.29) is 0 Å². The number of thioether (sulfide) groups is 1. The van der Waals surface area contributed by atoms with Gasteiger partial charge in [0.1, 0.15) is 0 Å². The molecule has 1 aromatic heterocycles. The van der Waals surface area contributed by atoms with Crippen LogP contribution in [0.1, 0.15) is 23.7 Å². The monoisotopic (exact) mass is 245 g/mol. The van der Waals surface area contributed by atoms with Gasteiger partial charge in [-0.1, -0.05) is 13.0 Å². The Morgan fingerprint density at radius 1 is 1.35 bits per heavy atom. The van der Waals surface area contributed by atoms with Gasteiger partial charge in [-0.15, -0.1) is 11.8 Å². The lowest BCUT2D eigenvalue weighted by atomic mass is 10.00. The van der Waals surface area contributed by atoms with Gasteiger partial charge in [0.2, 0.25) is 0 Å². The summed E-state index contributed by atoms with van der Waals surface area (Å²) in [7, 11) is 0. The summed E-state index contributed by atoms with van der Waals surface area (Å²) < 4.78 is 5.52. The predicted molar refractivity (Wildman–Crippen MR) is 71.4 cm³/mol. The molecule has 0 atom stereocenters. The van der Waals surface area contributed by atoms with E-state index in [2.05, 4.69) is 31.4 Å². The Hall–Kier alpha value is -1.06. The van der Waals surface area contributed by atoms with Crippen molar-refractivity contribution < 1.29 is 4.74 Å². The van der Waals surface area contributed by atoms with Gasteiger partial charge in [-0.3, -0.25) is 0 Å². The van der Waals surface area contributed by atoms with Crippen LogP contribution in [-0.4, -0.2) is 11.2 Å². The first-order chi connectivity index (χ1) is 8.33. The normalized spacial score (nSPS) is 14.2. The highest BCUT2D eigenvalue weighted by Gasteiger charge is 2.18. The second kappa shape index (κ2) is 4.31. The van der Waals surface area contributed by atoms with Crippen molar-refractivity contribution in [2.75, 3.05) is 6.26 Å². The number of benzene rings is 1. The molecule has 1 aliphatic rings. The number of rotatable bonds is 2. The zero-order chi connectivity index (χ0) is 11.8. The Kier molecular flexibility index (Phi) is 2.81. The van der Waals surface area contributed by atoms with Gasteiger partial charge >= 0.3 is 0 Å². The Morgan fingerprint density at radius 2 is 2.24 bits per heavy atom. The molecular formula is C14H15NOS. The number of hydrogen-bond donors (Lipinski definition) is 0. The minimum absolute atomic E-state index is 0.668. The molecule has 1 aromatic carbocycles. The maximum absolute atomic E-state index is 5.52. The fraction of sp³-hybridized carbons (Fsp3) is 0.357. The molecule has 0 bridgehead atoms. The Bertz CT molecular complexity index is 580. The summed E-state index contributed by atoms with van der Waals surface area (Å²) >= 11 is 1.76. The lowest BCUT2D eigenvalue weighted by molar-refractivity contribution is 0.133. The van der Waals surface area contributed by atoms with Crippen LogP contribution >= 0.6 is 11.8 Å². The summed E-state index contributed by atoms with van der Waals surface area (Å²) in [5.41, 5.74) is 4.97. The van der Waals surface area contributed by atoms with Gasteiger partial charge in [-0.2, -0.15) is 0 Å². The molecule has 2 nitrogen and oxygen atoms in total. The van der Waals surface area contributed by atoms with Crippen LogP contribution in [0.4, 0.5) is 0 Å². The maximum Gasteiger partial charge on any atom is 0.0896 e. The summed E-state index contributed by atoms with van der Waals surface area (Å²) in [5.74, 6) is 0. The molecule has 2 heterocycles. The number of aromatic nitrogens is 1. The van der Waals surface area contributed by atoms with E-state index < -0.39 is 0 Å². The van der Waals surface area contributed by atoms with Gasteiger partial charge in [0.05, 0.1) is 24.4 Å². The molecule has 88 valence electrons. The van der Waals surface area contributed by atoms with Gasteiger partial charge in [0, 0.05) is 15.8 Å². The number of ether oxygens (including phenoxy) is 1. The fourth-order valence-electron chi connectivity index (χ4n) is 2.48. The minimum Gasteiger partial charge on any atom is -0.370 e. The summed E-state index contributed by atoms with van der Waals surface area (Å²) in [6.45, 7) is 3.60. The smallest absolute Gasteiger partial charge is 0.0896 e. The van der Waals surface area contributed by atoms with Crippen LogP contribution in [0.15, 0.2) is 23.1 Å². The number of pyridine rings is 1. The van der Waals surface area contributed by atoms with Crippen molar-refractivity contribution in [1.29, 1.82) is 0 Å². The van der Waals surface area contributed by atoms with E-state index in [1.165, 1.54) is 21.4 Å². The summed E-state index contributed by atoms with van der Waals surface area (Å²) in [5, 5.41) is 1.29. The van der Waals surface area contributed by atoms with Crippen LogP contribution in [0, 0.1) is 0 Å². The lowest BCUT2D eigenvalue weighted by Gasteiger charge is -2.10. The molecule has 0 amide bonds. The first kappa shape index (κ1) is 11.1. The second-order valence-electron chi connectivity index (χ2n) is 4.25. The lowest BCUT2D eigenvalue weighted by Crippen LogP contribution is -1.97. The Labute approximate surface area is 105 Å². The zero-order valence-electron chi connectivity index (χ0n) is 10.1. The summed E-state index contributed by atoms with van der Waals surface area (Å²) in [6, 6.07) is 6.55. The number of nitrogens with zero attached hydrogens (tertiary/aromatic N) is 1. The van der Waals surface area contributed by atoms with Crippen molar-refractivity contribution in [3.05, 3.63) is 35.0 Å². The molecule has 1 aliphatic heterocycles. The molecule has 0 aliphatic carbocycles. The zero-order valence-corrected chi connectivity index (χ0v) is 10.9. The highest BCUT2D eigenvalue weighted by Crippen LogP contribution is 2.30. The molecular weight excluding hydrogens is 230 g/mol. The van der Waals surface area contributed by atoms with E-state index >= 15 is 0 Å². The highest BCUT2D eigenvalue weighted by atomic mass is 32.2. The first-order valence-corrected chi connectivity index (χ1v) is 7.12. The van der Waals surface area contributed by atoms with E-state index in [1.807, 2.05) is 0 Å². The third-order valence-electron chi connectivity index (χ3n) is 3.34. The van der Waals surface area contributed by atoms with Crippen LogP contribution in [0.5, 0.6) is 0 Å². The molecule has 0 unspecified atom stereocenters. The SMILES string of the molecule is CCc1c2c(nc3cc(SC)ccc13)COC2. The predicted octanol–water partition coefficient (Wildman–Crippen LogP) is 3.55. The van der Waals surface area contributed by atoms with Crippen molar-refractivity contribution in [2.24, 2.45) is 0 Å². The van der Waals surface area contributed by atoms with E-state index in [0.717, 1.165) is 24.2 Å². The summed E-state index contributed by atoms with van der Waals surface area (Å²) in [6.07, 6.45) is 3.14. The van der Waals surface area contributed by atoms with Gasteiger partial charge in [0.25, 0.3) is 0 Å². The summed E-state index contributed by atoms with van der Waals surface area (Å²) in [4.78, 5) is 6.00. The van der Waals surface area contributed by atoms with Crippen molar-refractivity contribution in [1.82, 2.24) is 4.98 Å². The maximum atomic E-state index is 5.52. The van der Waals surface area contributed by atoms with Crippen LogP contribution in [0.2, 0.25) is 0 Å². The molecule has 2 aromatic rings. The van der Waals surface area contributed by atoms with E-state index in [1.54, 1.807) is 11.8 Å². The number of hydrogen-bond acceptors (Lipinski definition) is 3. The van der Waals surface area contributed by atoms with Gasteiger partial charge < -0.3 is 4.74 Å². The van der Waals surface area contributed by atoms with Crippen molar-refractivity contribution >= 4 is 22.7 Å². The molecule has 0 fully saturated rings. The van der Waals surface area contributed by atoms with Crippen molar-refractivity contribution in [3.8, 4) is 0 Å². The molecule has 17 heavy (non-hydrogen) atoms. The number of fused-ring (bicyclic) bond motifs is 2. The molecule has 3 rings (SSSR count). The van der Waals surface area contributed by atoms with E-state index in [4.69, 9.17) is 9.72 Å². The van der Waals surface area contributed by atoms with Gasteiger partial charge in [0.15, 0.2) is 0 Å². The van der Waals surface area contributed by atoms with Crippen LogP contribution in [0.3, 0.4) is 0 Å². The Morgan fingerprint density at radius 3 is 3.00 bits per heavy atom. The first-order valence-electron chi connectivity index (χ1n) is 5.89. The molecule has 3 heteroatoms. The molecule has 0 saturated heterocycles. The molecule has 0 radical (unpaired) electrons. The van der Waals surface area contributed by atoms with Crippen molar-refractivity contribution in [2.45, 2.75) is 31.5 Å². The van der Waals surface area contributed by atoms with Crippen LogP contribution < -0.4 is 0 Å². The molecule has 0 saturated carbocycles. The highest BCUT2D eigenvalue weighted by molar-refractivity contribution is 7.98. The topological polar surface area (TPSA) is 22.1 Å². The van der Waals surface area contributed by atoms with Crippen molar-refractivity contribution in [3.63, 3.8) is 0 Å². The third-order valence-corrected chi connectivity index (χ3v) is 4.06. The Balaban J connectivity index is 2.32. The second-order valence-corrected chi connectivity index (χ2v) is 5.12. The fourth-order valence-corrected chi connectivity index (χ4v) is 2.91. The van der Waals surface area contributed by atoms with E-state index in [0.29, 0.717) is 6.61 Å². The van der Waals surface area contributed by atoms with Gasteiger partial charge in [-0.05, 0) is 30.4 Å². The third kappa shape index (κ3) is 1.74. The molecule has 0 spiro atoms. The number of aryl methyl sites for hydroxylation is 1. The minimum atomic E-state index is 0.668. The van der Waals surface area contributed by atoms with Crippen LogP contribution in [-0.2, 0) is 24.4 Å². The van der Waals surface area contributed by atoms with E-state index in [9.17, 15) is 0 Å². The quantitative estimate of drug-likeness (QED) is 0.755. The van der Waals surface area contributed by atoms with Crippen LogP contribution in [0.25, 0.3) is 10.9 Å². The molecule has 0 N–H and O–H groups in total. The average Bonchev–Trinajstić information content (AvgIpc) is 2.82. The van der Waals surface area contributed by atoms with Gasteiger partial charge in [-0.25, -0.2) is 4.98 Å².